The zero-order chi connectivity index (χ0) is 18.2. The maximum Gasteiger partial charge on any atom is 0.333 e. The normalized spacial score (nSPS) is 22.3. The maximum absolute atomic E-state index is 11.6. The molecule has 1 N–H and O–H groups in total. The lowest BCUT2D eigenvalue weighted by Crippen LogP contribution is -2.25. The molecule has 1 aliphatic heterocycles. The predicted molar refractivity (Wildman–Crippen MR) is 94.9 cm³/mol. The van der Waals surface area contributed by atoms with Gasteiger partial charge in [-0.1, -0.05) is 37.3 Å². The first kappa shape index (κ1) is 19.6. The second-order valence-electron chi connectivity index (χ2n) is 6.39. The molecule has 1 aliphatic rings. The zero-order valence-corrected chi connectivity index (χ0v) is 15.2. The van der Waals surface area contributed by atoms with Gasteiger partial charge in [0.1, 0.15) is 6.10 Å². The smallest absolute Gasteiger partial charge is 0.333 e. The Labute approximate surface area is 149 Å². The summed E-state index contributed by atoms with van der Waals surface area (Å²) in [5, 5.41) is 10.3. The first-order chi connectivity index (χ1) is 12.0. The number of aliphatic hydroxyl groups is 1. The summed E-state index contributed by atoms with van der Waals surface area (Å²) in [4.78, 5) is 11.6. The van der Waals surface area contributed by atoms with E-state index in [0.29, 0.717) is 31.8 Å². The van der Waals surface area contributed by atoms with E-state index in [2.05, 4.69) is 0 Å². The highest BCUT2D eigenvalue weighted by atomic mass is 16.6. The number of ether oxygens (including phenoxy) is 3. The fourth-order valence-corrected chi connectivity index (χ4v) is 2.70. The molecule has 0 saturated carbocycles. The van der Waals surface area contributed by atoms with Gasteiger partial charge in [0.05, 0.1) is 25.4 Å². The molecule has 1 fully saturated rings. The van der Waals surface area contributed by atoms with Gasteiger partial charge >= 0.3 is 5.97 Å². The highest BCUT2D eigenvalue weighted by Crippen LogP contribution is 2.34. The number of rotatable bonds is 10. The number of hydrogen-bond acceptors (Lipinski definition) is 5. The second kappa shape index (κ2) is 9.70. The van der Waals surface area contributed by atoms with Gasteiger partial charge in [-0.15, -0.1) is 0 Å². The first-order valence-electron chi connectivity index (χ1n) is 8.83. The molecule has 1 heterocycles. The Morgan fingerprint density at radius 1 is 1.36 bits per heavy atom. The molecule has 0 bridgehead atoms. The summed E-state index contributed by atoms with van der Waals surface area (Å²) in [6.07, 6.45) is 1.65. The molecule has 0 aromatic heterocycles. The Balaban J connectivity index is 1.68. The number of carbonyl (C=O) groups excluding carboxylic acids is 1. The van der Waals surface area contributed by atoms with Crippen LogP contribution in [0.1, 0.15) is 32.8 Å². The van der Waals surface area contributed by atoms with Crippen molar-refractivity contribution in [2.45, 2.75) is 52.1 Å². The van der Waals surface area contributed by atoms with Crippen molar-refractivity contribution < 1.29 is 24.1 Å². The summed E-state index contributed by atoms with van der Waals surface area (Å²) in [6.45, 7) is 6.85. The van der Waals surface area contributed by atoms with Crippen molar-refractivity contribution in [3.63, 3.8) is 0 Å². The number of esters is 1. The van der Waals surface area contributed by atoms with Crippen molar-refractivity contribution in [2.24, 2.45) is 5.92 Å². The van der Waals surface area contributed by atoms with Gasteiger partial charge in [0, 0.05) is 18.1 Å². The van der Waals surface area contributed by atoms with E-state index in [1.807, 2.05) is 37.3 Å². The maximum atomic E-state index is 11.6. The van der Waals surface area contributed by atoms with Crippen LogP contribution in [-0.4, -0.2) is 42.6 Å². The van der Waals surface area contributed by atoms with Crippen LogP contribution in [0.5, 0.6) is 0 Å². The van der Waals surface area contributed by atoms with Crippen molar-refractivity contribution in [1.82, 2.24) is 0 Å². The molecular formula is C20H28O5. The summed E-state index contributed by atoms with van der Waals surface area (Å²) in [5.41, 5.74) is 1.66. The second-order valence-corrected chi connectivity index (χ2v) is 6.39. The summed E-state index contributed by atoms with van der Waals surface area (Å²) < 4.78 is 16.2. The molecule has 0 radical (unpaired) electrons. The molecule has 0 aliphatic carbocycles. The van der Waals surface area contributed by atoms with Crippen LogP contribution in [0.25, 0.3) is 0 Å². The average Bonchev–Trinajstić information content (AvgIpc) is 3.38. The van der Waals surface area contributed by atoms with Crippen molar-refractivity contribution in [3.8, 4) is 0 Å². The average molecular weight is 348 g/mol. The molecular weight excluding hydrogens is 320 g/mol. The summed E-state index contributed by atoms with van der Waals surface area (Å²) in [5.74, 6) is -0.337. The molecule has 5 heteroatoms. The van der Waals surface area contributed by atoms with Crippen LogP contribution in [-0.2, 0) is 25.6 Å². The van der Waals surface area contributed by atoms with Gasteiger partial charge in [0.2, 0.25) is 0 Å². The Morgan fingerprint density at radius 3 is 2.76 bits per heavy atom. The third kappa shape index (κ3) is 6.27. The molecule has 2 rings (SSSR count). The number of epoxide rings is 1. The van der Waals surface area contributed by atoms with Crippen molar-refractivity contribution >= 4 is 5.97 Å². The van der Waals surface area contributed by atoms with Crippen LogP contribution in [0.3, 0.4) is 0 Å². The molecule has 0 unspecified atom stereocenters. The van der Waals surface area contributed by atoms with E-state index in [1.165, 1.54) is 0 Å². The molecule has 25 heavy (non-hydrogen) atoms. The summed E-state index contributed by atoms with van der Waals surface area (Å²) >= 11 is 0. The van der Waals surface area contributed by atoms with E-state index in [9.17, 15) is 9.90 Å². The third-order valence-corrected chi connectivity index (χ3v) is 4.37. The van der Waals surface area contributed by atoms with Gasteiger partial charge in [0.15, 0.2) is 0 Å². The zero-order valence-electron chi connectivity index (χ0n) is 15.2. The highest BCUT2D eigenvalue weighted by molar-refractivity contribution is 5.87. The minimum absolute atomic E-state index is 0.0171. The van der Waals surface area contributed by atoms with E-state index in [4.69, 9.17) is 14.2 Å². The Kier molecular flexibility index (Phi) is 7.62. The minimum atomic E-state index is -0.498. The van der Waals surface area contributed by atoms with Crippen molar-refractivity contribution in [2.75, 3.05) is 13.2 Å². The number of hydrogen-bond donors (Lipinski definition) is 1. The Bertz CT molecular complexity index is 569. The molecule has 0 amide bonds. The van der Waals surface area contributed by atoms with Crippen LogP contribution < -0.4 is 0 Å². The van der Waals surface area contributed by atoms with E-state index in [-0.39, 0.29) is 24.1 Å². The quantitative estimate of drug-likeness (QED) is 0.305. The Hall–Kier alpha value is -1.69. The summed E-state index contributed by atoms with van der Waals surface area (Å²) in [6, 6.07) is 9.96. The van der Waals surface area contributed by atoms with Crippen LogP contribution in [0.15, 0.2) is 42.0 Å². The van der Waals surface area contributed by atoms with Gasteiger partial charge in [0.25, 0.3) is 0 Å². The topological polar surface area (TPSA) is 68.3 Å². The van der Waals surface area contributed by atoms with Gasteiger partial charge < -0.3 is 19.3 Å². The summed E-state index contributed by atoms with van der Waals surface area (Å²) in [7, 11) is 0. The van der Waals surface area contributed by atoms with Crippen LogP contribution >= 0.6 is 0 Å². The van der Waals surface area contributed by atoms with E-state index in [1.54, 1.807) is 19.9 Å². The number of benzene rings is 1. The molecule has 4 atom stereocenters. The SMILES string of the molecule is CCOC(=O)/C(C)=C/[C@@H]1O[C@H]1[C@@H](C)[C@H](O)CCOCc1ccccc1. The van der Waals surface area contributed by atoms with Gasteiger partial charge in [-0.05, 0) is 31.9 Å². The minimum Gasteiger partial charge on any atom is -0.463 e. The van der Waals surface area contributed by atoms with E-state index in [0.717, 1.165) is 5.56 Å². The molecule has 5 nitrogen and oxygen atoms in total. The van der Waals surface area contributed by atoms with E-state index < -0.39 is 6.10 Å². The molecule has 0 spiro atoms. The molecule has 1 aromatic rings. The van der Waals surface area contributed by atoms with E-state index >= 15 is 0 Å². The predicted octanol–water partition coefficient (Wildman–Crippen LogP) is 2.87. The molecule has 1 aromatic carbocycles. The third-order valence-electron chi connectivity index (χ3n) is 4.37. The van der Waals surface area contributed by atoms with Gasteiger partial charge in [-0.3, -0.25) is 0 Å². The molecule has 1 saturated heterocycles. The standard InChI is InChI=1S/C20H28O5/c1-4-24-20(22)14(2)12-18-19(25-18)15(3)17(21)10-11-23-13-16-8-6-5-7-9-16/h5-9,12,15,17-19,21H,4,10-11,13H2,1-3H3/b14-12+/t15-,17+,18-,19-/m0/s1. The lowest BCUT2D eigenvalue weighted by atomic mass is 9.96. The number of aliphatic hydroxyl groups excluding tert-OH is 1. The molecule has 138 valence electrons. The first-order valence-corrected chi connectivity index (χ1v) is 8.83. The lowest BCUT2D eigenvalue weighted by molar-refractivity contribution is -0.138. The van der Waals surface area contributed by atoms with Crippen LogP contribution in [0.2, 0.25) is 0 Å². The van der Waals surface area contributed by atoms with Crippen molar-refractivity contribution in [1.29, 1.82) is 0 Å². The lowest BCUT2D eigenvalue weighted by Gasteiger charge is -2.17. The largest absolute Gasteiger partial charge is 0.463 e. The monoisotopic (exact) mass is 348 g/mol. The van der Waals surface area contributed by atoms with Crippen LogP contribution in [0, 0.1) is 5.92 Å². The fourth-order valence-electron chi connectivity index (χ4n) is 2.70. The highest BCUT2D eigenvalue weighted by Gasteiger charge is 2.44. The fraction of sp³-hybridized carbons (Fsp3) is 0.550. The Morgan fingerprint density at radius 2 is 2.08 bits per heavy atom. The van der Waals surface area contributed by atoms with Crippen molar-refractivity contribution in [3.05, 3.63) is 47.5 Å². The number of carbonyl (C=O) groups is 1. The van der Waals surface area contributed by atoms with Gasteiger partial charge in [-0.2, -0.15) is 0 Å². The van der Waals surface area contributed by atoms with Gasteiger partial charge in [-0.25, -0.2) is 4.79 Å². The van der Waals surface area contributed by atoms with Crippen LogP contribution in [0.4, 0.5) is 0 Å².